The topological polar surface area (TPSA) is 64.7 Å². The average Bonchev–Trinajstić information content (AvgIpc) is 2.37. The van der Waals surface area contributed by atoms with Gasteiger partial charge in [-0.3, -0.25) is 4.79 Å². The molecule has 1 rings (SSSR count). The first-order valence-electron chi connectivity index (χ1n) is 7.39. The second kappa shape index (κ2) is 7.47. The quantitative estimate of drug-likeness (QED) is 0.796. The Hall–Kier alpha value is -1.30. The van der Waals surface area contributed by atoms with E-state index in [1.807, 2.05) is 11.8 Å². The highest BCUT2D eigenvalue weighted by Gasteiger charge is 2.23. The van der Waals surface area contributed by atoms with Crippen molar-refractivity contribution in [2.45, 2.75) is 39.7 Å². The minimum atomic E-state index is -0.0333. The van der Waals surface area contributed by atoms with Gasteiger partial charge in [0.15, 0.2) is 0 Å². The summed E-state index contributed by atoms with van der Waals surface area (Å²) >= 11 is 0. The van der Waals surface area contributed by atoms with E-state index in [4.69, 9.17) is 0 Å². The molecule has 6 nitrogen and oxygen atoms in total. The smallest absolute Gasteiger partial charge is 0.317 e. The summed E-state index contributed by atoms with van der Waals surface area (Å²) in [5, 5.41) is 6.10. The summed E-state index contributed by atoms with van der Waals surface area (Å²) < 4.78 is 0. The number of piperazine rings is 1. The molecule has 1 heterocycles. The first-order chi connectivity index (χ1) is 9.33. The monoisotopic (exact) mass is 284 g/mol. The molecule has 6 heteroatoms. The van der Waals surface area contributed by atoms with Gasteiger partial charge in [-0.25, -0.2) is 4.79 Å². The highest BCUT2D eigenvalue weighted by atomic mass is 16.2. The maximum Gasteiger partial charge on any atom is 0.317 e. The van der Waals surface area contributed by atoms with E-state index in [1.54, 1.807) is 4.90 Å². The molecule has 0 aromatic rings. The van der Waals surface area contributed by atoms with Gasteiger partial charge in [0, 0.05) is 51.2 Å². The van der Waals surface area contributed by atoms with Crippen LogP contribution >= 0.6 is 0 Å². The molecule has 0 spiro atoms. The Morgan fingerprint density at radius 1 is 1.05 bits per heavy atom. The number of hydrogen-bond donors (Lipinski definition) is 2. The fourth-order valence-electron chi connectivity index (χ4n) is 2.12. The van der Waals surface area contributed by atoms with Crippen LogP contribution in [0.1, 0.15) is 34.1 Å². The lowest BCUT2D eigenvalue weighted by molar-refractivity contribution is -0.132. The third kappa shape index (κ3) is 5.77. The molecule has 20 heavy (non-hydrogen) atoms. The van der Waals surface area contributed by atoms with E-state index in [0.29, 0.717) is 45.7 Å². The number of urea groups is 1. The molecule has 0 bridgehead atoms. The van der Waals surface area contributed by atoms with Crippen LogP contribution in [-0.2, 0) is 4.79 Å². The zero-order chi connectivity index (χ0) is 15.2. The predicted octanol–water partition coefficient (Wildman–Crippen LogP) is 0.638. The van der Waals surface area contributed by atoms with Crippen molar-refractivity contribution < 1.29 is 9.59 Å². The second-order valence-corrected chi connectivity index (χ2v) is 6.13. The Balaban J connectivity index is 2.27. The zero-order valence-corrected chi connectivity index (χ0v) is 13.2. The maximum atomic E-state index is 12.1. The van der Waals surface area contributed by atoms with Gasteiger partial charge in [-0.05, 0) is 27.7 Å². The lowest BCUT2D eigenvalue weighted by atomic mass is 10.1. The molecule has 2 N–H and O–H groups in total. The Morgan fingerprint density at radius 3 is 2.10 bits per heavy atom. The summed E-state index contributed by atoms with van der Waals surface area (Å²) in [4.78, 5) is 27.3. The van der Waals surface area contributed by atoms with Gasteiger partial charge in [0.05, 0.1) is 0 Å². The lowest BCUT2D eigenvalue weighted by Gasteiger charge is -2.35. The van der Waals surface area contributed by atoms with Crippen molar-refractivity contribution in [1.29, 1.82) is 0 Å². The third-order valence-electron chi connectivity index (χ3n) is 3.24. The number of nitrogens with one attached hydrogen (secondary N) is 2. The Labute approximate surface area is 121 Å². The molecular formula is C14H28N4O2. The number of rotatable bonds is 4. The van der Waals surface area contributed by atoms with Gasteiger partial charge in [-0.15, -0.1) is 0 Å². The van der Waals surface area contributed by atoms with Crippen molar-refractivity contribution in [2.24, 2.45) is 0 Å². The predicted molar refractivity (Wildman–Crippen MR) is 79.6 cm³/mol. The van der Waals surface area contributed by atoms with Crippen LogP contribution in [0.3, 0.4) is 0 Å². The molecule has 0 radical (unpaired) electrons. The molecule has 1 aliphatic heterocycles. The highest BCUT2D eigenvalue weighted by molar-refractivity contribution is 5.77. The van der Waals surface area contributed by atoms with Crippen LogP contribution in [0.15, 0.2) is 0 Å². The van der Waals surface area contributed by atoms with Crippen molar-refractivity contribution in [2.75, 3.05) is 39.3 Å². The molecule has 116 valence electrons. The largest absolute Gasteiger partial charge is 0.339 e. The van der Waals surface area contributed by atoms with Crippen LogP contribution in [-0.4, -0.2) is 66.5 Å². The fourth-order valence-corrected chi connectivity index (χ4v) is 2.12. The first-order valence-corrected chi connectivity index (χ1v) is 7.39. The Bertz CT molecular complexity index is 331. The van der Waals surface area contributed by atoms with Gasteiger partial charge in [-0.1, -0.05) is 0 Å². The van der Waals surface area contributed by atoms with Crippen molar-refractivity contribution >= 4 is 11.9 Å². The zero-order valence-electron chi connectivity index (χ0n) is 13.2. The van der Waals surface area contributed by atoms with E-state index in [1.165, 1.54) is 0 Å². The maximum absolute atomic E-state index is 12.1. The Kier molecular flexibility index (Phi) is 6.26. The number of carbonyl (C=O) groups excluding carboxylic acids is 2. The average molecular weight is 284 g/mol. The normalized spacial score (nSPS) is 16.2. The molecule has 1 aliphatic rings. The van der Waals surface area contributed by atoms with Crippen LogP contribution in [0.5, 0.6) is 0 Å². The standard InChI is InChI=1S/C14H28N4O2/c1-5-15-13(20)18-10-8-17(9-11-18)12(19)6-7-16-14(2,3)4/h16H,5-11H2,1-4H3,(H,15,20). The molecule has 1 fully saturated rings. The van der Waals surface area contributed by atoms with E-state index >= 15 is 0 Å². The summed E-state index contributed by atoms with van der Waals surface area (Å²) in [6.07, 6.45) is 0.512. The van der Waals surface area contributed by atoms with Gasteiger partial charge < -0.3 is 20.4 Å². The third-order valence-corrected chi connectivity index (χ3v) is 3.24. The molecule has 3 amide bonds. The minimum absolute atomic E-state index is 0.0333. The van der Waals surface area contributed by atoms with Gasteiger partial charge in [0.1, 0.15) is 0 Å². The summed E-state index contributed by atoms with van der Waals surface area (Å²) in [6.45, 7) is 12.0. The minimum Gasteiger partial charge on any atom is -0.339 e. The molecule has 1 saturated heterocycles. The first kappa shape index (κ1) is 16.8. The summed E-state index contributed by atoms with van der Waals surface area (Å²) in [6, 6.07) is -0.0333. The molecular weight excluding hydrogens is 256 g/mol. The van der Waals surface area contributed by atoms with Gasteiger partial charge in [-0.2, -0.15) is 0 Å². The molecule has 0 aliphatic carbocycles. The van der Waals surface area contributed by atoms with Crippen LogP contribution in [0.4, 0.5) is 4.79 Å². The summed E-state index contributed by atoms with van der Waals surface area (Å²) in [5.74, 6) is 0.164. The fraction of sp³-hybridized carbons (Fsp3) is 0.857. The number of hydrogen-bond acceptors (Lipinski definition) is 3. The summed E-state index contributed by atoms with van der Waals surface area (Å²) in [5.41, 5.74) is 0.0389. The van der Waals surface area contributed by atoms with Gasteiger partial charge in [0.25, 0.3) is 0 Å². The number of amides is 3. The van der Waals surface area contributed by atoms with Gasteiger partial charge >= 0.3 is 6.03 Å². The second-order valence-electron chi connectivity index (χ2n) is 6.13. The van der Waals surface area contributed by atoms with Crippen LogP contribution in [0.2, 0.25) is 0 Å². The van der Waals surface area contributed by atoms with E-state index in [-0.39, 0.29) is 17.5 Å². The SMILES string of the molecule is CCNC(=O)N1CCN(C(=O)CCNC(C)(C)C)CC1. The van der Waals surface area contributed by atoms with Crippen molar-refractivity contribution in [3.8, 4) is 0 Å². The van der Waals surface area contributed by atoms with Crippen LogP contribution < -0.4 is 10.6 Å². The Morgan fingerprint density at radius 2 is 1.60 bits per heavy atom. The number of carbonyl (C=O) groups is 2. The van der Waals surface area contributed by atoms with Crippen molar-refractivity contribution in [3.63, 3.8) is 0 Å². The lowest BCUT2D eigenvalue weighted by Crippen LogP contribution is -2.53. The van der Waals surface area contributed by atoms with Crippen LogP contribution in [0, 0.1) is 0 Å². The van der Waals surface area contributed by atoms with Crippen molar-refractivity contribution in [3.05, 3.63) is 0 Å². The molecule has 0 atom stereocenters. The molecule has 0 saturated carbocycles. The molecule has 0 aromatic carbocycles. The van der Waals surface area contributed by atoms with E-state index in [9.17, 15) is 9.59 Å². The highest BCUT2D eigenvalue weighted by Crippen LogP contribution is 2.05. The summed E-state index contributed by atoms with van der Waals surface area (Å²) in [7, 11) is 0. The van der Waals surface area contributed by atoms with Gasteiger partial charge in [0.2, 0.25) is 5.91 Å². The van der Waals surface area contributed by atoms with E-state index in [2.05, 4.69) is 31.4 Å². The van der Waals surface area contributed by atoms with E-state index in [0.717, 1.165) is 0 Å². The van der Waals surface area contributed by atoms with E-state index < -0.39 is 0 Å². The van der Waals surface area contributed by atoms with Crippen molar-refractivity contribution in [1.82, 2.24) is 20.4 Å². The molecule has 0 aromatic heterocycles. The molecule has 0 unspecified atom stereocenters. The van der Waals surface area contributed by atoms with Crippen LogP contribution in [0.25, 0.3) is 0 Å². The number of nitrogens with zero attached hydrogens (tertiary/aromatic N) is 2.